The predicted octanol–water partition coefficient (Wildman–Crippen LogP) is 2.80. The third kappa shape index (κ3) is 3.17. The predicted molar refractivity (Wildman–Crippen MR) is 75.8 cm³/mol. The summed E-state index contributed by atoms with van der Waals surface area (Å²) < 4.78 is 18.0. The number of benzene rings is 1. The van der Waals surface area contributed by atoms with Gasteiger partial charge < -0.3 is 9.84 Å². The maximum atomic E-state index is 13.0. The molecule has 0 radical (unpaired) electrons. The van der Waals surface area contributed by atoms with Gasteiger partial charge in [0.25, 0.3) is 0 Å². The molecular formula is C15H15FN4O. The quantitative estimate of drug-likeness (QED) is 0.757. The fraction of sp³-hybridized carbons (Fsp3) is 0.200. The zero-order valence-corrected chi connectivity index (χ0v) is 11.6. The van der Waals surface area contributed by atoms with Gasteiger partial charge in [0.05, 0.1) is 17.6 Å². The number of nitrogens with one attached hydrogen (secondary N) is 2. The highest BCUT2D eigenvalue weighted by atomic mass is 19.1. The number of H-pyrrole nitrogens is 1. The van der Waals surface area contributed by atoms with Gasteiger partial charge in [-0.05, 0) is 31.2 Å². The standard InChI is InChI=1S/C15H15FN4O/c1-10-6-14(20-21-10)9-17-7-12-8-18-19-15(12)11-2-4-13(16)5-3-11/h2-6,8,17H,7,9H2,1H3,(H,18,19). The average Bonchev–Trinajstić information content (AvgIpc) is 3.09. The van der Waals surface area contributed by atoms with Gasteiger partial charge in [0, 0.05) is 30.3 Å². The molecule has 2 aromatic heterocycles. The van der Waals surface area contributed by atoms with Crippen molar-refractivity contribution in [1.29, 1.82) is 0 Å². The molecule has 0 unspecified atom stereocenters. The van der Waals surface area contributed by atoms with Crippen LogP contribution in [0.3, 0.4) is 0 Å². The number of aromatic amines is 1. The fourth-order valence-corrected chi connectivity index (χ4v) is 2.14. The number of rotatable bonds is 5. The Balaban J connectivity index is 1.66. The number of hydrogen-bond donors (Lipinski definition) is 2. The Kier molecular flexibility index (Phi) is 3.79. The van der Waals surface area contributed by atoms with E-state index in [9.17, 15) is 4.39 Å². The first-order valence-electron chi connectivity index (χ1n) is 6.63. The molecule has 0 aliphatic heterocycles. The second-order valence-electron chi connectivity index (χ2n) is 4.81. The van der Waals surface area contributed by atoms with Crippen LogP contribution in [0.5, 0.6) is 0 Å². The first-order chi connectivity index (χ1) is 10.2. The molecule has 0 atom stereocenters. The summed E-state index contributed by atoms with van der Waals surface area (Å²) in [7, 11) is 0. The van der Waals surface area contributed by atoms with Crippen molar-refractivity contribution in [3.05, 3.63) is 59.4 Å². The Morgan fingerprint density at radius 1 is 1.24 bits per heavy atom. The van der Waals surface area contributed by atoms with Gasteiger partial charge in [-0.2, -0.15) is 5.10 Å². The van der Waals surface area contributed by atoms with Crippen molar-refractivity contribution in [1.82, 2.24) is 20.7 Å². The molecule has 0 amide bonds. The maximum Gasteiger partial charge on any atom is 0.133 e. The highest BCUT2D eigenvalue weighted by Gasteiger charge is 2.08. The highest BCUT2D eigenvalue weighted by molar-refractivity contribution is 5.62. The molecule has 21 heavy (non-hydrogen) atoms. The van der Waals surface area contributed by atoms with Crippen molar-refractivity contribution in [2.45, 2.75) is 20.0 Å². The summed E-state index contributed by atoms with van der Waals surface area (Å²) in [4.78, 5) is 0. The van der Waals surface area contributed by atoms with Crippen LogP contribution in [0.4, 0.5) is 4.39 Å². The SMILES string of the molecule is Cc1cc(CNCc2cn[nH]c2-c2ccc(F)cc2)no1. The molecule has 2 heterocycles. The second-order valence-corrected chi connectivity index (χ2v) is 4.81. The van der Waals surface area contributed by atoms with Crippen LogP contribution >= 0.6 is 0 Å². The van der Waals surface area contributed by atoms with Crippen molar-refractivity contribution < 1.29 is 8.91 Å². The van der Waals surface area contributed by atoms with Crippen LogP contribution in [0.2, 0.25) is 0 Å². The monoisotopic (exact) mass is 286 g/mol. The van der Waals surface area contributed by atoms with Gasteiger partial charge in [-0.3, -0.25) is 5.10 Å². The summed E-state index contributed by atoms with van der Waals surface area (Å²) in [5, 5.41) is 14.2. The maximum absolute atomic E-state index is 13.0. The topological polar surface area (TPSA) is 66.7 Å². The third-order valence-corrected chi connectivity index (χ3v) is 3.15. The van der Waals surface area contributed by atoms with Crippen LogP contribution in [-0.2, 0) is 13.1 Å². The molecular weight excluding hydrogens is 271 g/mol. The molecule has 3 aromatic rings. The number of hydrogen-bond acceptors (Lipinski definition) is 4. The van der Waals surface area contributed by atoms with Gasteiger partial charge in [-0.15, -0.1) is 0 Å². The summed E-state index contributed by atoms with van der Waals surface area (Å²) in [5.41, 5.74) is 3.67. The lowest BCUT2D eigenvalue weighted by Gasteiger charge is -2.04. The van der Waals surface area contributed by atoms with Gasteiger partial charge in [-0.25, -0.2) is 4.39 Å². The van der Waals surface area contributed by atoms with Crippen LogP contribution in [-0.4, -0.2) is 15.4 Å². The van der Waals surface area contributed by atoms with Crippen molar-refractivity contribution >= 4 is 0 Å². The Labute approximate surface area is 121 Å². The zero-order chi connectivity index (χ0) is 14.7. The molecule has 0 spiro atoms. The molecule has 6 heteroatoms. The number of nitrogens with zero attached hydrogens (tertiary/aromatic N) is 2. The molecule has 0 saturated heterocycles. The van der Waals surface area contributed by atoms with Crippen LogP contribution < -0.4 is 5.32 Å². The van der Waals surface area contributed by atoms with E-state index in [4.69, 9.17) is 4.52 Å². The van der Waals surface area contributed by atoms with E-state index in [0.29, 0.717) is 13.1 Å². The molecule has 108 valence electrons. The first kappa shape index (κ1) is 13.5. The summed E-state index contributed by atoms with van der Waals surface area (Å²) in [6.45, 7) is 3.11. The summed E-state index contributed by atoms with van der Waals surface area (Å²) in [6, 6.07) is 8.22. The van der Waals surface area contributed by atoms with E-state index in [1.54, 1.807) is 18.3 Å². The molecule has 0 aliphatic rings. The molecule has 1 aromatic carbocycles. The number of aryl methyl sites for hydroxylation is 1. The van der Waals surface area contributed by atoms with Gasteiger partial charge >= 0.3 is 0 Å². The summed E-state index contributed by atoms with van der Waals surface area (Å²) in [5.74, 6) is 0.543. The third-order valence-electron chi connectivity index (χ3n) is 3.15. The van der Waals surface area contributed by atoms with Gasteiger partial charge in [-0.1, -0.05) is 5.16 Å². The van der Waals surface area contributed by atoms with E-state index in [1.807, 2.05) is 13.0 Å². The van der Waals surface area contributed by atoms with E-state index >= 15 is 0 Å². The fourth-order valence-electron chi connectivity index (χ4n) is 2.14. The molecule has 0 fully saturated rings. The first-order valence-corrected chi connectivity index (χ1v) is 6.63. The number of aromatic nitrogens is 3. The Morgan fingerprint density at radius 3 is 2.76 bits per heavy atom. The minimum Gasteiger partial charge on any atom is -0.361 e. The lowest BCUT2D eigenvalue weighted by Crippen LogP contribution is -2.13. The van der Waals surface area contributed by atoms with Crippen LogP contribution in [0, 0.1) is 12.7 Å². The lowest BCUT2D eigenvalue weighted by atomic mass is 10.1. The smallest absolute Gasteiger partial charge is 0.133 e. The average molecular weight is 286 g/mol. The molecule has 0 aliphatic carbocycles. The van der Waals surface area contributed by atoms with Crippen LogP contribution in [0.1, 0.15) is 17.0 Å². The molecule has 2 N–H and O–H groups in total. The van der Waals surface area contributed by atoms with E-state index in [2.05, 4.69) is 20.7 Å². The van der Waals surface area contributed by atoms with E-state index < -0.39 is 0 Å². The lowest BCUT2D eigenvalue weighted by molar-refractivity contribution is 0.388. The minimum absolute atomic E-state index is 0.251. The largest absolute Gasteiger partial charge is 0.361 e. The minimum atomic E-state index is -0.251. The van der Waals surface area contributed by atoms with Gasteiger partial charge in [0.2, 0.25) is 0 Å². The Hall–Kier alpha value is -2.47. The zero-order valence-electron chi connectivity index (χ0n) is 11.6. The molecule has 5 nitrogen and oxygen atoms in total. The van der Waals surface area contributed by atoms with Crippen LogP contribution in [0.15, 0.2) is 41.1 Å². The van der Waals surface area contributed by atoms with Gasteiger partial charge in [0.1, 0.15) is 11.6 Å². The molecule has 0 saturated carbocycles. The van der Waals surface area contributed by atoms with E-state index in [-0.39, 0.29) is 5.82 Å². The molecule has 3 rings (SSSR count). The van der Waals surface area contributed by atoms with Crippen molar-refractivity contribution in [2.75, 3.05) is 0 Å². The van der Waals surface area contributed by atoms with E-state index in [0.717, 1.165) is 28.3 Å². The summed E-state index contributed by atoms with van der Waals surface area (Å²) >= 11 is 0. The molecule has 0 bridgehead atoms. The normalized spacial score (nSPS) is 11.0. The van der Waals surface area contributed by atoms with Crippen LogP contribution in [0.25, 0.3) is 11.3 Å². The number of halogens is 1. The van der Waals surface area contributed by atoms with Crippen molar-refractivity contribution in [2.24, 2.45) is 0 Å². The Bertz CT molecular complexity index is 717. The van der Waals surface area contributed by atoms with Crippen molar-refractivity contribution in [3.8, 4) is 11.3 Å². The summed E-state index contributed by atoms with van der Waals surface area (Å²) in [6.07, 6.45) is 1.76. The second kappa shape index (κ2) is 5.88. The van der Waals surface area contributed by atoms with Gasteiger partial charge in [0.15, 0.2) is 0 Å². The van der Waals surface area contributed by atoms with Crippen molar-refractivity contribution in [3.63, 3.8) is 0 Å². The highest BCUT2D eigenvalue weighted by Crippen LogP contribution is 2.21. The van der Waals surface area contributed by atoms with E-state index in [1.165, 1.54) is 12.1 Å². The Morgan fingerprint density at radius 2 is 2.05 bits per heavy atom.